The zero-order valence-corrected chi connectivity index (χ0v) is 17.6. The lowest BCUT2D eigenvalue weighted by Gasteiger charge is -2.35. The Kier molecular flexibility index (Phi) is 6.00. The van der Waals surface area contributed by atoms with Crippen LogP contribution in [-0.2, 0) is 15.7 Å². The number of alkyl halides is 3. The van der Waals surface area contributed by atoms with E-state index in [1.165, 1.54) is 17.0 Å². The van der Waals surface area contributed by atoms with Crippen LogP contribution in [0.25, 0.3) is 10.9 Å². The lowest BCUT2D eigenvalue weighted by Crippen LogP contribution is -2.53. The SMILES string of the molecule is CC=C(Nc1ccc2c(N)n[nH]c2c1)[C@H](O)[C@H]1OCCN(c2ccc(C(F)(F)F)cc2)C1=O. The van der Waals surface area contributed by atoms with Gasteiger partial charge in [0.2, 0.25) is 0 Å². The largest absolute Gasteiger partial charge is 0.416 e. The number of nitrogens with one attached hydrogen (secondary N) is 2. The zero-order chi connectivity index (χ0) is 23.8. The van der Waals surface area contributed by atoms with E-state index < -0.39 is 29.9 Å². The predicted octanol–water partition coefficient (Wildman–Crippen LogP) is 3.27. The molecule has 3 aromatic rings. The van der Waals surface area contributed by atoms with Crippen molar-refractivity contribution in [2.45, 2.75) is 25.3 Å². The van der Waals surface area contributed by atoms with Gasteiger partial charge < -0.3 is 25.8 Å². The maximum Gasteiger partial charge on any atom is 0.416 e. The molecule has 2 atom stereocenters. The molecule has 1 saturated heterocycles. The summed E-state index contributed by atoms with van der Waals surface area (Å²) in [5.74, 6) is -0.182. The number of aromatic amines is 1. The number of aliphatic hydroxyl groups excluding tert-OH is 1. The molecule has 4 rings (SSSR count). The van der Waals surface area contributed by atoms with E-state index in [0.29, 0.717) is 28.4 Å². The number of benzene rings is 2. The van der Waals surface area contributed by atoms with Crippen molar-refractivity contribution in [3.8, 4) is 0 Å². The summed E-state index contributed by atoms with van der Waals surface area (Å²) < 4.78 is 44.1. The lowest BCUT2D eigenvalue weighted by molar-refractivity contribution is -0.140. The number of hydrogen-bond acceptors (Lipinski definition) is 6. The van der Waals surface area contributed by atoms with E-state index in [1.54, 1.807) is 31.2 Å². The molecule has 1 aliphatic rings. The first-order valence-corrected chi connectivity index (χ1v) is 10.1. The molecule has 0 radical (unpaired) electrons. The Labute approximate surface area is 186 Å². The highest BCUT2D eigenvalue weighted by Gasteiger charge is 2.38. The van der Waals surface area contributed by atoms with Gasteiger partial charge in [-0.1, -0.05) is 6.08 Å². The number of aliphatic hydroxyl groups is 1. The number of nitrogens with two attached hydrogens (primary N) is 1. The normalized spacial score (nSPS) is 18.6. The van der Waals surface area contributed by atoms with Crippen LogP contribution < -0.4 is 16.0 Å². The number of ether oxygens (including phenoxy) is 1. The maximum absolute atomic E-state index is 13.0. The van der Waals surface area contributed by atoms with Gasteiger partial charge in [0.05, 0.1) is 17.7 Å². The summed E-state index contributed by atoms with van der Waals surface area (Å²) in [4.78, 5) is 14.3. The molecule has 11 heteroatoms. The molecule has 2 aromatic carbocycles. The molecule has 0 unspecified atom stereocenters. The Morgan fingerprint density at radius 3 is 2.73 bits per heavy atom. The molecular weight excluding hydrogens is 439 g/mol. The van der Waals surface area contributed by atoms with Gasteiger partial charge in [-0.05, 0) is 49.4 Å². The van der Waals surface area contributed by atoms with Crippen LogP contribution in [0.15, 0.2) is 54.2 Å². The summed E-state index contributed by atoms with van der Waals surface area (Å²) in [6.07, 6.45) is -5.42. The van der Waals surface area contributed by atoms with Crippen LogP contribution in [0.4, 0.5) is 30.4 Å². The maximum atomic E-state index is 13.0. The number of H-pyrrole nitrogens is 1. The highest BCUT2D eigenvalue weighted by Crippen LogP contribution is 2.31. The van der Waals surface area contributed by atoms with E-state index in [-0.39, 0.29) is 13.2 Å². The average molecular weight is 461 g/mol. The van der Waals surface area contributed by atoms with Crippen molar-refractivity contribution in [3.05, 3.63) is 59.8 Å². The molecular formula is C22H22F3N5O3. The lowest BCUT2D eigenvalue weighted by atomic mass is 10.1. The third-order valence-electron chi connectivity index (χ3n) is 5.43. The van der Waals surface area contributed by atoms with Gasteiger partial charge in [0.1, 0.15) is 6.10 Å². The molecule has 1 amide bonds. The Morgan fingerprint density at radius 1 is 1.33 bits per heavy atom. The van der Waals surface area contributed by atoms with E-state index >= 15 is 0 Å². The number of hydrogen-bond donors (Lipinski definition) is 4. The summed E-state index contributed by atoms with van der Waals surface area (Å²) in [7, 11) is 0. The molecule has 1 aliphatic heterocycles. The van der Waals surface area contributed by atoms with Crippen molar-refractivity contribution in [2.24, 2.45) is 0 Å². The second kappa shape index (κ2) is 8.75. The Hall–Kier alpha value is -3.57. The minimum atomic E-state index is -4.47. The standard InChI is InChI=1S/C22H22F3N5O3/c1-2-16(27-13-5-8-15-17(11-13)28-29-20(15)26)18(31)19-21(32)30(9-10-33-19)14-6-3-12(4-7-14)22(23,24)25/h2-8,11,18-19,27,31H,9-10H2,1H3,(H3,26,28,29)/t18-,19+/m0/s1. The molecule has 33 heavy (non-hydrogen) atoms. The topological polar surface area (TPSA) is 116 Å². The van der Waals surface area contributed by atoms with E-state index in [1.807, 2.05) is 0 Å². The number of nitrogen functional groups attached to an aromatic ring is 1. The monoisotopic (exact) mass is 461 g/mol. The van der Waals surface area contributed by atoms with Gasteiger partial charge in [0.15, 0.2) is 11.9 Å². The summed E-state index contributed by atoms with van der Waals surface area (Å²) in [6.45, 7) is 1.97. The molecule has 174 valence electrons. The van der Waals surface area contributed by atoms with Crippen LogP contribution in [-0.4, -0.2) is 46.6 Å². The van der Waals surface area contributed by atoms with E-state index in [9.17, 15) is 23.1 Å². The minimum Gasteiger partial charge on any atom is -0.384 e. The second-order valence-electron chi connectivity index (χ2n) is 7.51. The third-order valence-corrected chi connectivity index (χ3v) is 5.43. The third kappa shape index (κ3) is 4.50. The fourth-order valence-electron chi connectivity index (χ4n) is 3.68. The number of anilines is 3. The van der Waals surface area contributed by atoms with Gasteiger partial charge in [0, 0.05) is 29.0 Å². The summed E-state index contributed by atoms with van der Waals surface area (Å²) in [5, 5.41) is 21.5. The van der Waals surface area contributed by atoms with Crippen LogP contribution in [0.2, 0.25) is 0 Å². The quantitative estimate of drug-likeness (QED) is 0.464. The first-order chi connectivity index (χ1) is 15.7. The zero-order valence-electron chi connectivity index (χ0n) is 17.6. The van der Waals surface area contributed by atoms with Gasteiger partial charge in [-0.15, -0.1) is 0 Å². The fraction of sp³-hybridized carbons (Fsp3) is 0.273. The number of halogens is 3. The number of aromatic nitrogens is 2. The van der Waals surface area contributed by atoms with Crippen molar-refractivity contribution in [2.75, 3.05) is 29.1 Å². The summed E-state index contributed by atoms with van der Waals surface area (Å²) >= 11 is 0. The minimum absolute atomic E-state index is 0.116. The molecule has 5 N–H and O–H groups in total. The molecule has 8 nitrogen and oxygen atoms in total. The van der Waals surface area contributed by atoms with Gasteiger partial charge in [-0.2, -0.15) is 18.3 Å². The van der Waals surface area contributed by atoms with Crippen molar-refractivity contribution < 1.29 is 27.8 Å². The highest BCUT2D eigenvalue weighted by atomic mass is 19.4. The molecule has 0 saturated carbocycles. The number of amides is 1. The van der Waals surface area contributed by atoms with Crippen molar-refractivity contribution in [1.29, 1.82) is 0 Å². The van der Waals surface area contributed by atoms with Crippen LogP contribution in [0.5, 0.6) is 0 Å². The number of rotatable bonds is 5. The number of fused-ring (bicyclic) bond motifs is 1. The summed E-state index contributed by atoms with van der Waals surface area (Å²) in [6, 6.07) is 9.58. The predicted molar refractivity (Wildman–Crippen MR) is 117 cm³/mol. The molecule has 1 aromatic heterocycles. The van der Waals surface area contributed by atoms with Crippen LogP contribution in [0.3, 0.4) is 0 Å². The van der Waals surface area contributed by atoms with E-state index in [2.05, 4.69) is 15.5 Å². The smallest absolute Gasteiger partial charge is 0.384 e. The molecule has 0 spiro atoms. The Bertz CT molecular complexity index is 1190. The highest BCUT2D eigenvalue weighted by molar-refractivity contribution is 5.98. The van der Waals surface area contributed by atoms with Crippen molar-refractivity contribution in [1.82, 2.24) is 10.2 Å². The van der Waals surface area contributed by atoms with Gasteiger partial charge >= 0.3 is 6.18 Å². The van der Waals surface area contributed by atoms with Crippen molar-refractivity contribution >= 4 is 34.0 Å². The average Bonchev–Trinajstić information content (AvgIpc) is 3.16. The number of carbonyl (C=O) groups excluding carboxylic acids is 1. The summed E-state index contributed by atoms with van der Waals surface area (Å²) in [5.41, 5.74) is 6.92. The first-order valence-electron chi connectivity index (χ1n) is 10.1. The van der Waals surface area contributed by atoms with Crippen LogP contribution in [0.1, 0.15) is 12.5 Å². The Balaban J connectivity index is 1.51. The fourth-order valence-corrected chi connectivity index (χ4v) is 3.68. The molecule has 0 aliphatic carbocycles. The number of morpholine rings is 1. The van der Waals surface area contributed by atoms with Crippen LogP contribution >= 0.6 is 0 Å². The van der Waals surface area contributed by atoms with E-state index in [4.69, 9.17) is 10.5 Å². The van der Waals surface area contributed by atoms with Gasteiger partial charge in [-0.3, -0.25) is 9.89 Å². The molecule has 2 heterocycles. The molecule has 1 fully saturated rings. The number of carbonyl (C=O) groups is 1. The van der Waals surface area contributed by atoms with Gasteiger partial charge in [0.25, 0.3) is 5.91 Å². The second-order valence-corrected chi connectivity index (χ2v) is 7.51. The van der Waals surface area contributed by atoms with Crippen molar-refractivity contribution in [3.63, 3.8) is 0 Å². The molecule has 0 bridgehead atoms. The van der Waals surface area contributed by atoms with Crippen LogP contribution in [0, 0.1) is 0 Å². The van der Waals surface area contributed by atoms with E-state index in [0.717, 1.165) is 17.5 Å². The first kappa shape index (κ1) is 22.6. The number of allylic oxidation sites excluding steroid dienone is 1. The van der Waals surface area contributed by atoms with Gasteiger partial charge in [-0.25, -0.2) is 0 Å². The number of nitrogens with zero attached hydrogens (tertiary/aromatic N) is 2. The Morgan fingerprint density at radius 2 is 2.06 bits per heavy atom.